The smallest absolute Gasteiger partial charge is 0.225 e. The van der Waals surface area contributed by atoms with Crippen LogP contribution in [-0.2, 0) is 17.9 Å². The molecule has 2 aromatic carbocycles. The number of methoxy groups -OCH3 is 2. The molecule has 0 fully saturated rings. The topological polar surface area (TPSA) is 64.8 Å². The molecule has 0 aliphatic carbocycles. The lowest BCUT2D eigenvalue weighted by molar-refractivity contribution is -0.135. The first-order valence-corrected chi connectivity index (χ1v) is 9.62. The molecule has 0 N–H and O–H groups in total. The normalized spacial score (nSPS) is 10.9. The average molecular weight is 412 g/mol. The fourth-order valence-electron chi connectivity index (χ4n) is 3.10. The number of ether oxygens (including phenoxy) is 2. The van der Waals surface area contributed by atoms with Crippen molar-refractivity contribution in [3.05, 3.63) is 65.6 Å². The summed E-state index contributed by atoms with van der Waals surface area (Å²) in [5.41, 5.74) is 2.14. The van der Waals surface area contributed by atoms with Gasteiger partial charge in [0, 0.05) is 18.5 Å². The molecule has 0 bridgehead atoms. The van der Waals surface area contributed by atoms with E-state index >= 15 is 0 Å². The Morgan fingerprint density at radius 2 is 1.80 bits per heavy atom. The third-order valence-corrected chi connectivity index (χ3v) is 4.68. The Bertz CT molecular complexity index is 999. The number of hydrogen-bond acceptors (Lipinski definition) is 5. The zero-order chi connectivity index (χ0) is 21.7. The fourth-order valence-corrected chi connectivity index (χ4v) is 3.10. The van der Waals surface area contributed by atoms with Crippen molar-refractivity contribution in [1.29, 1.82) is 0 Å². The summed E-state index contributed by atoms with van der Waals surface area (Å²) in [7, 11) is 3.16. The lowest BCUT2D eigenvalue weighted by Crippen LogP contribution is -2.33. The van der Waals surface area contributed by atoms with Gasteiger partial charge in [-0.3, -0.25) is 4.79 Å². The predicted molar refractivity (Wildman–Crippen MR) is 111 cm³/mol. The zero-order valence-corrected chi connectivity index (χ0v) is 17.5. The highest BCUT2D eigenvalue weighted by Gasteiger charge is 2.21. The van der Waals surface area contributed by atoms with Crippen LogP contribution in [0, 0.1) is 11.7 Å². The first kappa shape index (κ1) is 21.4. The molecule has 0 spiro atoms. The van der Waals surface area contributed by atoms with Crippen LogP contribution in [0.1, 0.15) is 25.1 Å². The van der Waals surface area contributed by atoms with E-state index in [9.17, 15) is 9.18 Å². The van der Waals surface area contributed by atoms with E-state index in [2.05, 4.69) is 5.16 Å². The third kappa shape index (κ3) is 4.97. The van der Waals surface area contributed by atoms with Crippen LogP contribution in [-0.4, -0.2) is 30.2 Å². The molecule has 30 heavy (non-hydrogen) atoms. The summed E-state index contributed by atoms with van der Waals surface area (Å²) in [6, 6.07) is 13.3. The summed E-state index contributed by atoms with van der Waals surface area (Å²) < 4.78 is 29.4. The molecule has 158 valence electrons. The van der Waals surface area contributed by atoms with Crippen LogP contribution in [0.25, 0.3) is 11.3 Å². The summed E-state index contributed by atoms with van der Waals surface area (Å²) in [6.45, 7) is 4.30. The molecule has 6 nitrogen and oxygen atoms in total. The van der Waals surface area contributed by atoms with E-state index in [-0.39, 0.29) is 24.2 Å². The molecule has 0 aliphatic rings. The molecular formula is C23H25FN2O4. The molecule has 0 saturated carbocycles. The van der Waals surface area contributed by atoms with Gasteiger partial charge in [-0.25, -0.2) is 4.39 Å². The van der Waals surface area contributed by atoms with E-state index in [1.165, 1.54) is 12.1 Å². The summed E-state index contributed by atoms with van der Waals surface area (Å²) >= 11 is 0. The maximum absolute atomic E-state index is 13.2. The Morgan fingerprint density at radius 1 is 1.07 bits per heavy atom. The predicted octanol–water partition coefficient (Wildman–Crippen LogP) is 4.68. The molecule has 3 rings (SSSR count). The standard InChI is InChI=1S/C23H25FN2O4/c1-15(2)23(27)26(13-16-5-7-17(24)8-6-16)14-18-11-22(30-25-18)20-12-19(28-3)9-10-21(20)29-4/h5-12,15H,13-14H2,1-4H3. The lowest BCUT2D eigenvalue weighted by Gasteiger charge is -2.23. The highest BCUT2D eigenvalue weighted by Crippen LogP contribution is 2.34. The molecule has 0 saturated heterocycles. The van der Waals surface area contributed by atoms with Crippen LogP contribution in [0.4, 0.5) is 4.39 Å². The number of benzene rings is 2. The van der Waals surface area contributed by atoms with Crippen LogP contribution >= 0.6 is 0 Å². The second-order valence-electron chi connectivity index (χ2n) is 7.22. The highest BCUT2D eigenvalue weighted by atomic mass is 19.1. The molecule has 7 heteroatoms. The molecule has 1 amide bonds. The number of halogens is 1. The van der Waals surface area contributed by atoms with Crippen molar-refractivity contribution in [1.82, 2.24) is 10.1 Å². The van der Waals surface area contributed by atoms with E-state index in [1.807, 2.05) is 13.8 Å². The molecule has 0 radical (unpaired) electrons. The minimum atomic E-state index is -0.311. The summed E-state index contributed by atoms with van der Waals surface area (Å²) in [5, 5.41) is 4.14. The van der Waals surface area contributed by atoms with Crippen LogP contribution in [0.3, 0.4) is 0 Å². The van der Waals surface area contributed by atoms with E-state index < -0.39 is 0 Å². The Kier molecular flexibility index (Phi) is 6.72. The Hall–Kier alpha value is -3.35. The summed E-state index contributed by atoms with van der Waals surface area (Å²) in [6.07, 6.45) is 0. The number of hydrogen-bond donors (Lipinski definition) is 0. The third-order valence-electron chi connectivity index (χ3n) is 4.68. The number of carbonyl (C=O) groups excluding carboxylic acids is 1. The lowest BCUT2D eigenvalue weighted by atomic mass is 10.1. The van der Waals surface area contributed by atoms with Gasteiger partial charge in [-0.2, -0.15) is 0 Å². The van der Waals surface area contributed by atoms with Crippen molar-refractivity contribution in [2.45, 2.75) is 26.9 Å². The monoisotopic (exact) mass is 412 g/mol. The van der Waals surface area contributed by atoms with E-state index in [0.717, 1.165) is 5.56 Å². The van der Waals surface area contributed by atoms with Crippen molar-refractivity contribution in [3.63, 3.8) is 0 Å². The van der Waals surface area contributed by atoms with Crippen LogP contribution in [0.15, 0.2) is 53.1 Å². The average Bonchev–Trinajstić information content (AvgIpc) is 3.22. The first-order valence-electron chi connectivity index (χ1n) is 9.62. The van der Waals surface area contributed by atoms with Gasteiger partial charge in [-0.05, 0) is 35.9 Å². The van der Waals surface area contributed by atoms with Gasteiger partial charge in [0.25, 0.3) is 0 Å². The van der Waals surface area contributed by atoms with Crippen LogP contribution < -0.4 is 9.47 Å². The van der Waals surface area contributed by atoms with Gasteiger partial charge in [-0.15, -0.1) is 0 Å². The molecule has 3 aromatic rings. The second-order valence-corrected chi connectivity index (χ2v) is 7.22. The molecule has 1 heterocycles. The zero-order valence-electron chi connectivity index (χ0n) is 17.5. The number of amides is 1. The first-order chi connectivity index (χ1) is 14.4. The van der Waals surface area contributed by atoms with Crippen molar-refractivity contribution in [2.75, 3.05) is 14.2 Å². The van der Waals surface area contributed by atoms with Crippen molar-refractivity contribution >= 4 is 5.91 Å². The van der Waals surface area contributed by atoms with Crippen molar-refractivity contribution in [2.24, 2.45) is 5.92 Å². The van der Waals surface area contributed by atoms with E-state index in [4.69, 9.17) is 14.0 Å². The van der Waals surface area contributed by atoms with Gasteiger partial charge in [0.05, 0.1) is 26.3 Å². The fraction of sp³-hybridized carbons (Fsp3) is 0.304. The maximum atomic E-state index is 13.2. The highest BCUT2D eigenvalue weighted by molar-refractivity contribution is 5.78. The minimum Gasteiger partial charge on any atom is -0.497 e. The van der Waals surface area contributed by atoms with Crippen LogP contribution in [0.2, 0.25) is 0 Å². The number of aromatic nitrogens is 1. The maximum Gasteiger partial charge on any atom is 0.225 e. The van der Waals surface area contributed by atoms with Crippen molar-refractivity contribution < 1.29 is 23.2 Å². The molecule has 0 aliphatic heterocycles. The number of carbonyl (C=O) groups is 1. The van der Waals surface area contributed by atoms with Gasteiger partial charge in [0.2, 0.25) is 5.91 Å². The number of rotatable bonds is 8. The second kappa shape index (κ2) is 9.43. The molecule has 0 atom stereocenters. The Morgan fingerprint density at radius 3 is 2.43 bits per heavy atom. The van der Waals surface area contributed by atoms with Gasteiger partial charge < -0.3 is 18.9 Å². The van der Waals surface area contributed by atoms with E-state index in [1.54, 1.807) is 55.5 Å². The van der Waals surface area contributed by atoms with Gasteiger partial charge in [0.15, 0.2) is 5.76 Å². The van der Waals surface area contributed by atoms with Gasteiger partial charge in [0.1, 0.15) is 23.0 Å². The summed E-state index contributed by atoms with van der Waals surface area (Å²) in [4.78, 5) is 14.4. The quantitative estimate of drug-likeness (QED) is 0.537. The molecule has 1 aromatic heterocycles. The largest absolute Gasteiger partial charge is 0.497 e. The Labute approximate surface area is 175 Å². The van der Waals surface area contributed by atoms with Gasteiger partial charge >= 0.3 is 0 Å². The SMILES string of the molecule is COc1ccc(OC)c(-c2cc(CN(Cc3ccc(F)cc3)C(=O)C(C)C)no2)c1. The summed E-state index contributed by atoms with van der Waals surface area (Å²) in [5.74, 6) is 1.28. The van der Waals surface area contributed by atoms with Crippen molar-refractivity contribution in [3.8, 4) is 22.8 Å². The van der Waals surface area contributed by atoms with Gasteiger partial charge in [-0.1, -0.05) is 31.1 Å². The Balaban J connectivity index is 1.85. The minimum absolute atomic E-state index is 0.0252. The van der Waals surface area contributed by atoms with E-state index in [0.29, 0.717) is 35.1 Å². The van der Waals surface area contributed by atoms with Crippen LogP contribution in [0.5, 0.6) is 11.5 Å². The molecule has 0 unspecified atom stereocenters. The molecular weight excluding hydrogens is 387 g/mol. The number of nitrogens with zero attached hydrogens (tertiary/aromatic N) is 2.